The van der Waals surface area contributed by atoms with Gasteiger partial charge in [0.05, 0.1) is 5.69 Å². The molecule has 1 aromatic rings. The third-order valence-electron chi connectivity index (χ3n) is 2.58. The molecule has 0 unspecified atom stereocenters. The van der Waals surface area contributed by atoms with Gasteiger partial charge in [-0.05, 0) is 46.5 Å². The lowest BCUT2D eigenvalue weighted by atomic mass is 10.0. The highest BCUT2D eigenvalue weighted by Crippen LogP contribution is 2.36. The Hall–Kier alpha value is -0.540. The molecule has 0 saturated carbocycles. The van der Waals surface area contributed by atoms with E-state index in [0.717, 1.165) is 35.1 Å². The second kappa shape index (κ2) is 4.14. The van der Waals surface area contributed by atoms with Crippen LogP contribution in [0.5, 0.6) is 0 Å². The van der Waals surface area contributed by atoms with Crippen molar-refractivity contribution in [3.63, 3.8) is 0 Å². The van der Waals surface area contributed by atoms with Crippen molar-refractivity contribution in [3.05, 3.63) is 27.2 Å². The van der Waals surface area contributed by atoms with Crippen molar-refractivity contribution >= 4 is 39.1 Å². The summed E-state index contributed by atoms with van der Waals surface area (Å²) in [6.07, 6.45) is 1.98. The van der Waals surface area contributed by atoms with Crippen molar-refractivity contribution in [2.45, 2.75) is 19.8 Å². The van der Waals surface area contributed by atoms with Gasteiger partial charge in [0.15, 0.2) is 0 Å². The van der Waals surface area contributed by atoms with Crippen molar-refractivity contribution in [2.24, 2.45) is 0 Å². The highest BCUT2D eigenvalue weighted by atomic mass is 79.9. The summed E-state index contributed by atoms with van der Waals surface area (Å²) in [5.41, 5.74) is 2.13. The number of hydrogen-bond acceptors (Lipinski definition) is 1. The summed E-state index contributed by atoms with van der Waals surface area (Å²) in [7, 11) is 0. The Morgan fingerprint density at radius 2 is 2.27 bits per heavy atom. The van der Waals surface area contributed by atoms with Crippen molar-refractivity contribution in [2.75, 3.05) is 11.4 Å². The molecule has 0 fully saturated rings. The maximum Gasteiger partial charge on any atom is 0.223 e. The first-order valence-electron chi connectivity index (χ1n) is 4.85. The summed E-state index contributed by atoms with van der Waals surface area (Å²) < 4.78 is 0.903. The minimum absolute atomic E-state index is 0.0824. The molecule has 1 heterocycles. The van der Waals surface area contributed by atoms with E-state index in [-0.39, 0.29) is 5.91 Å². The fraction of sp³-hybridized carbons (Fsp3) is 0.364. The van der Waals surface area contributed by atoms with Crippen LogP contribution in [0, 0.1) is 0 Å². The quantitative estimate of drug-likeness (QED) is 0.716. The first-order chi connectivity index (χ1) is 7.09. The Morgan fingerprint density at radius 3 is 2.93 bits per heavy atom. The molecule has 4 heteroatoms. The minimum Gasteiger partial charge on any atom is -0.311 e. The van der Waals surface area contributed by atoms with Crippen LogP contribution in [0.15, 0.2) is 16.6 Å². The van der Waals surface area contributed by atoms with Crippen molar-refractivity contribution in [3.8, 4) is 0 Å². The number of fused-ring (bicyclic) bond motifs is 1. The van der Waals surface area contributed by atoms with Crippen LogP contribution < -0.4 is 4.90 Å². The van der Waals surface area contributed by atoms with E-state index in [1.54, 1.807) is 11.8 Å². The Bertz CT molecular complexity index is 419. The monoisotopic (exact) mass is 287 g/mol. The van der Waals surface area contributed by atoms with E-state index in [1.807, 2.05) is 12.1 Å². The fourth-order valence-electron chi connectivity index (χ4n) is 1.97. The van der Waals surface area contributed by atoms with Crippen LogP contribution in [0.1, 0.15) is 18.9 Å². The highest BCUT2D eigenvalue weighted by molar-refractivity contribution is 9.10. The van der Waals surface area contributed by atoms with Gasteiger partial charge in [-0.15, -0.1) is 0 Å². The van der Waals surface area contributed by atoms with Gasteiger partial charge < -0.3 is 4.90 Å². The molecule has 1 aliphatic rings. The third-order valence-corrected chi connectivity index (χ3v) is 3.41. The predicted molar refractivity (Wildman–Crippen MR) is 65.5 cm³/mol. The lowest BCUT2D eigenvalue weighted by Crippen LogP contribution is -2.33. The van der Waals surface area contributed by atoms with Crippen LogP contribution in [0.25, 0.3) is 0 Å². The van der Waals surface area contributed by atoms with E-state index in [0.29, 0.717) is 5.02 Å². The molecule has 2 rings (SSSR count). The van der Waals surface area contributed by atoms with E-state index in [9.17, 15) is 4.79 Å². The fourth-order valence-corrected chi connectivity index (χ4v) is 3.05. The molecule has 1 aliphatic heterocycles. The molecule has 0 aliphatic carbocycles. The van der Waals surface area contributed by atoms with Gasteiger partial charge in [0, 0.05) is 23.0 Å². The summed E-state index contributed by atoms with van der Waals surface area (Å²) >= 11 is 9.44. The molecule has 2 nitrogen and oxygen atoms in total. The number of hydrogen-bond donors (Lipinski definition) is 0. The van der Waals surface area contributed by atoms with E-state index >= 15 is 0 Å². The molecular formula is C11H11BrClNO. The molecule has 0 bridgehead atoms. The first-order valence-corrected chi connectivity index (χ1v) is 6.02. The number of aryl methyl sites for hydroxylation is 1. The zero-order valence-corrected chi connectivity index (χ0v) is 10.7. The Balaban J connectivity index is 2.55. The minimum atomic E-state index is 0.0824. The lowest BCUT2D eigenvalue weighted by molar-refractivity contribution is -0.116. The molecule has 0 radical (unpaired) electrons. The number of anilines is 1. The summed E-state index contributed by atoms with van der Waals surface area (Å²) in [5, 5.41) is 0.714. The van der Waals surface area contributed by atoms with Gasteiger partial charge in [-0.25, -0.2) is 0 Å². The number of nitrogens with zero attached hydrogens (tertiary/aromatic N) is 1. The van der Waals surface area contributed by atoms with Crippen molar-refractivity contribution in [1.29, 1.82) is 0 Å². The molecule has 15 heavy (non-hydrogen) atoms. The molecule has 0 atom stereocenters. The summed E-state index contributed by atoms with van der Waals surface area (Å²) in [5.74, 6) is 0.0824. The van der Waals surface area contributed by atoms with E-state index in [1.165, 1.54) is 0 Å². The van der Waals surface area contributed by atoms with Crippen LogP contribution in [0.4, 0.5) is 5.69 Å². The number of carbonyl (C=O) groups is 1. The van der Waals surface area contributed by atoms with Crippen LogP contribution in [-0.4, -0.2) is 12.5 Å². The molecule has 1 amide bonds. The van der Waals surface area contributed by atoms with E-state index in [4.69, 9.17) is 11.6 Å². The maximum atomic E-state index is 11.5. The van der Waals surface area contributed by atoms with Crippen molar-refractivity contribution in [1.82, 2.24) is 0 Å². The van der Waals surface area contributed by atoms with Crippen molar-refractivity contribution < 1.29 is 4.79 Å². The van der Waals surface area contributed by atoms with Crippen LogP contribution in [0.2, 0.25) is 5.02 Å². The third kappa shape index (κ3) is 2.04. The molecule has 0 N–H and O–H groups in total. The lowest BCUT2D eigenvalue weighted by Gasteiger charge is -2.29. The Morgan fingerprint density at radius 1 is 1.53 bits per heavy atom. The SMILES string of the molecule is CC(=O)N1CCCc2cc(Cl)cc(Br)c21. The molecule has 0 spiro atoms. The number of halogens is 2. The van der Waals surface area contributed by atoms with E-state index in [2.05, 4.69) is 15.9 Å². The van der Waals surface area contributed by atoms with Gasteiger partial charge in [-0.3, -0.25) is 4.79 Å². The number of amides is 1. The highest BCUT2D eigenvalue weighted by Gasteiger charge is 2.22. The first kappa shape index (κ1) is 11.0. The average Bonchev–Trinajstić information content (AvgIpc) is 2.16. The maximum absolute atomic E-state index is 11.5. The normalized spacial score (nSPS) is 15.0. The largest absolute Gasteiger partial charge is 0.311 e. The summed E-state index contributed by atoms with van der Waals surface area (Å²) in [6.45, 7) is 2.39. The summed E-state index contributed by atoms with van der Waals surface area (Å²) in [4.78, 5) is 13.3. The molecule has 1 aromatic carbocycles. The standard InChI is InChI=1S/C11H11BrClNO/c1-7(15)14-4-2-3-8-5-9(13)6-10(12)11(8)14/h5-6H,2-4H2,1H3. The molecule has 80 valence electrons. The van der Waals surface area contributed by atoms with Gasteiger partial charge in [0.25, 0.3) is 0 Å². The van der Waals surface area contributed by atoms with E-state index < -0.39 is 0 Å². The number of carbonyl (C=O) groups excluding carboxylic acids is 1. The molecule has 0 aromatic heterocycles. The van der Waals surface area contributed by atoms with Gasteiger partial charge in [-0.2, -0.15) is 0 Å². The van der Waals surface area contributed by atoms with Crippen LogP contribution in [0.3, 0.4) is 0 Å². The van der Waals surface area contributed by atoms with Gasteiger partial charge in [-0.1, -0.05) is 11.6 Å². The second-order valence-electron chi connectivity index (χ2n) is 3.67. The molecule has 0 saturated heterocycles. The van der Waals surface area contributed by atoms with Crippen LogP contribution in [-0.2, 0) is 11.2 Å². The van der Waals surface area contributed by atoms with Gasteiger partial charge in [0.2, 0.25) is 5.91 Å². The smallest absolute Gasteiger partial charge is 0.223 e. The Labute approximate surface area is 102 Å². The van der Waals surface area contributed by atoms with Gasteiger partial charge in [0.1, 0.15) is 0 Å². The topological polar surface area (TPSA) is 20.3 Å². The average molecular weight is 289 g/mol. The second-order valence-corrected chi connectivity index (χ2v) is 4.96. The predicted octanol–water partition coefficient (Wildman–Crippen LogP) is 3.40. The number of rotatable bonds is 0. The number of benzene rings is 1. The zero-order chi connectivity index (χ0) is 11.0. The summed E-state index contributed by atoms with van der Waals surface area (Å²) in [6, 6.07) is 3.78. The van der Waals surface area contributed by atoms with Gasteiger partial charge >= 0.3 is 0 Å². The zero-order valence-electron chi connectivity index (χ0n) is 8.39. The molecular weight excluding hydrogens is 277 g/mol. The van der Waals surface area contributed by atoms with Crippen LogP contribution >= 0.6 is 27.5 Å². The Kier molecular flexibility index (Phi) is 3.03.